The molecule has 0 fully saturated rings. The summed E-state index contributed by atoms with van der Waals surface area (Å²) >= 11 is 0. The van der Waals surface area contributed by atoms with Gasteiger partial charge in [-0.3, -0.25) is 45.7 Å². The van der Waals surface area contributed by atoms with Crippen molar-refractivity contribution in [3.63, 3.8) is 0 Å². The van der Waals surface area contributed by atoms with Crippen LogP contribution in [0.5, 0.6) is 0 Å². The normalized spacial score (nSPS) is 12.1. The Morgan fingerprint density at radius 3 is 0.288 bits per heavy atom. The summed E-state index contributed by atoms with van der Waals surface area (Å²) in [7, 11) is -45.5. The minimum atomic E-state index is -4.55. The average molecular weight is 1290 g/mol. The third-order valence-electron chi connectivity index (χ3n) is 4.41. The van der Waals surface area contributed by atoms with Crippen molar-refractivity contribution in [3.05, 3.63) is 0 Å². The van der Waals surface area contributed by atoms with Crippen LogP contribution in [0.25, 0.3) is 0 Å². The Morgan fingerprint density at radius 2 is 0.260 bits per heavy atom. The van der Waals surface area contributed by atoms with Crippen LogP contribution in [0.2, 0.25) is 0 Å². The van der Waals surface area contributed by atoms with Gasteiger partial charge in [0.1, 0.15) is 0 Å². The Morgan fingerprint density at radius 1 is 0.192 bits per heavy atom. The van der Waals surface area contributed by atoms with Crippen LogP contribution in [0.15, 0.2) is 0 Å². The molecule has 0 radical (unpaired) electrons. The van der Waals surface area contributed by atoms with Crippen molar-refractivity contribution >= 4 is 76.0 Å². The second kappa shape index (κ2) is 51.2. The summed E-state index contributed by atoms with van der Waals surface area (Å²) in [5, 5.41) is 12.1. The van der Waals surface area contributed by atoms with Gasteiger partial charge in [0.05, 0.1) is 0 Å². The van der Waals surface area contributed by atoms with E-state index in [4.69, 9.17) is 144 Å². The lowest BCUT2D eigenvalue weighted by atomic mass is 10.6. The third kappa shape index (κ3) is 167. The fourth-order valence-electron chi connectivity index (χ4n) is 2.52. The highest BCUT2D eigenvalue weighted by Crippen LogP contribution is 2.54. The molecule has 0 heterocycles. The van der Waals surface area contributed by atoms with Crippen LogP contribution in [-0.4, -0.2) is 232 Å². The molecule has 0 aromatic heterocycles. The maximum absolute atomic E-state index is 9.85. The SMILES string of the molecule is NCCNCCN.NCCNCCN.NCCNCCN.NCCNCCN.O=P(O)(O)CP(=O)(O)O.O=P(O)(O)CP(=O)(O)O.O=P(O)(O)CP(=O)(O)O.O=P(O)(O)CP(=O)(O)O.O=P(O)(O)CP(=O)(O)O. The fraction of sp³-hybridized carbons (Fsp3) is 1.00. The molecule has 0 amide bonds. The quantitative estimate of drug-likeness (QED) is 0.0282. The van der Waals surface area contributed by atoms with Gasteiger partial charge in [-0.1, -0.05) is 0 Å². The average Bonchev–Trinajstić information content (AvgIpc) is 3.07. The van der Waals surface area contributed by atoms with Crippen LogP contribution in [0.1, 0.15) is 0 Å². The lowest BCUT2D eigenvalue weighted by Gasteiger charge is -2.03. The highest BCUT2D eigenvalue weighted by Gasteiger charge is 2.29. The molecular formula is C21H82N12O30P10. The van der Waals surface area contributed by atoms with Crippen LogP contribution in [-0.2, 0) is 45.7 Å². The van der Waals surface area contributed by atoms with Crippen molar-refractivity contribution in [3.8, 4) is 0 Å². The second-order valence-electron chi connectivity index (χ2n) is 12.7. The Balaban J connectivity index is -0.0000000904. The zero-order valence-electron chi connectivity index (χ0n) is 39.0. The molecule has 0 atom stereocenters. The second-order valence-corrected chi connectivity index (χ2v) is 31.6. The van der Waals surface area contributed by atoms with Gasteiger partial charge in [-0.2, -0.15) is 0 Å². The monoisotopic (exact) mass is 1290 g/mol. The zero-order chi connectivity index (χ0) is 60.7. The summed E-state index contributed by atoms with van der Waals surface area (Å²) in [5.41, 5.74) is 41.3. The zero-order valence-corrected chi connectivity index (χ0v) is 47.9. The van der Waals surface area contributed by atoms with E-state index in [1.54, 1.807) is 0 Å². The summed E-state index contributed by atoms with van der Waals surface area (Å²) in [5.74, 6) is -6.88. The first kappa shape index (κ1) is 93.4. The summed E-state index contributed by atoms with van der Waals surface area (Å²) in [6.45, 7) is 12.5. The lowest BCUT2D eigenvalue weighted by Crippen LogP contribution is -2.27. The molecule has 0 aromatic rings. The van der Waals surface area contributed by atoms with Crippen LogP contribution in [0.4, 0.5) is 0 Å². The van der Waals surface area contributed by atoms with Gasteiger partial charge >= 0.3 is 76.0 Å². The van der Waals surface area contributed by atoms with Gasteiger partial charge in [0.15, 0.2) is 29.5 Å². The summed E-state index contributed by atoms with van der Waals surface area (Å²) < 4.78 is 98.5. The molecule has 456 valence electrons. The fourth-order valence-corrected chi connectivity index (χ4v) is 12.1. The van der Waals surface area contributed by atoms with Crippen molar-refractivity contribution in [1.82, 2.24) is 21.3 Å². The molecule has 0 aliphatic heterocycles. The van der Waals surface area contributed by atoms with Gasteiger partial charge < -0.3 is 165 Å². The van der Waals surface area contributed by atoms with Crippen molar-refractivity contribution in [2.45, 2.75) is 0 Å². The van der Waals surface area contributed by atoms with Gasteiger partial charge in [0.2, 0.25) is 0 Å². The first-order valence-corrected chi connectivity index (χ1v) is 37.1. The Hall–Kier alpha value is 1.02. The van der Waals surface area contributed by atoms with E-state index in [0.717, 1.165) is 52.4 Å². The molecule has 0 saturated carbocycles. The summed E-state index contributed by atoms with van der Waals surface area (Å²) in [6.07, 6.45) is 0. The van der Waals surface area contributed by atoms with Gasteiger partial charge in [-0.15, -0.1) is 0 Å². The standard InChI is InChI=1S/4C4H13N3.5CH6O6P2/c4*5-1-3-7-4-2-6;5*2-8(3,4)1-9(5,6)7/h4*7H,1-6H2;5*1H2,(H2,2,3,4)(H2,5,6,7). The van der Waals surface area contributed by atoms with Gasteiger partial charge in [-0.25, -0.2) is 0 Å². The Kier molecular flexibility index (Phi) is 65.5. The van der Waals surface area contributed by atoms with E-state index in [2.05, 4.69) is 21.3 Å². The molecule has 42 nitrogen and oxygen atoms in total. The molecule has 0 aliphatic rings. The molecule has 0 aromatic carbocycles. The molecule has 0 bridgehead atoms. The van der Waals surface area contributed by atoms with Crippen molar-refractivity contribution < 1.29 is 144 Å². The molecule has 0 saturated heterocycles. The van der Waals surface area contributed by atoms with E-state index in [9.17, 15) is 45.7 Å². The first-order chi connectivity index (χ1) is 32.2. The largest absolute Gasteiger partial charge is 0.337 e. The number of hydrogen-bond acceptors (Lipinski definition) is 22. The van der Waals surface area contributed by atoms with Gasteiger partial charge in [0.25, 0.3) is 0 Å². The van der Waals surface area contributed by atoms with E-state index in [-0.39, 0.29) is 0 Å². The van der Waals surface area contributed by atoms with Crippen LogP contribution in [0.3, 0.4) is 0 Å². The maximum atomic E-state index is 9.85. The van der Waals surface area contributed by atoms with Gasteiger partial charge in [-0.05, 0) is 0 Å². The van der Waals surface area contributed by atoms with E-state index < -0.39 is 105 Å². The predicted octanol–water partition coefficient (Wildman–Crippen LogP) is -9.53. The summed E-state index contributed by atoms with van der Waals surface area (Å²) in [4.78, 5) is 159. The molecular weight excluding hydrogens is 1210 g/mol. The van der Waals surface area contributed by atoms with Crippen molar-refractivity contribution in [2.24, 2.45) is 45.9 Å². The van der Waals surface area contributed by atoms with Crippen LogP contribution < -0.4 is 67.1 Å². The third-order valence-corrected chi connectivity index (χ3v) is 19.1. The predicted molar refractivity (Wildman–Crippen MR) is 269 cm³/mol. The highest BCUT2D eigenvalue weighted by molar-refractivity contribution is 7.71. The van der Waals surface area contributed by atoms with E-state index in [1.807, 2.05) is 0 Å². The van der Waals surface area contributed by atoms with E-state index in [1.165, 1.54) is 0 Å². The highest BCUT2D eigenvalue weighted by atomic mass is 31.3. The number of nitrogens with two attached hydrogens (primary N) is 8. The molecule has 52 heteroatoms. The Labute approximate surface area is 420 Å². The number of hydrogen-bond donors (Lipinski definition) is 32. The molecule has 0 spiro atoms. The smallest absolute Gasteiger partial charge is 0.329 e. The maximum Gasteiger partial charge on any atom is 0.337 e. The lowest BCUT2D eigenvalue weighted by molar-refractivity contribution is 0.352. The molecule has 0 unspecified atom stereocenters. The van der Waals surface area contributed by atoms with E-state index in [0.29, 0.717) is 52.4 Å². The van der Waals surface area contributed by atoms with Gasteiger partial charge in [0, 0.05) is 105 Å². The van der Waals surface area contributed by atoms with Crippen LogP contribution >= 0.6 is 76.0 Å². The minimum Gasteiger partial charge on any atom is -0.329 e. The topological polar surface area (TPSA) is 832 Å². The van der Waals surface area contributed by atoms with Crippen LogP contribution in [0, 0.1) is 0 Å². The Bertz CT molecular complexity index is 1360. The number of nitrogens with one attached hydrogen (secondary N) is 4. The molecule has 73 heavy (non-hydrogen) atoms. The number of rotatable bonds is 26. The molecule has 40 N–H and O–H groups in total. The van der Waals surface area contributed by atoms with Crippen molar-refractivity contribution in [2.75, 3.05) is 134 Å². The minimum absolute atomic E-state index is 0.694. The van der Waals surface area contributed by atoms with E-state index >= 15 is 0 Å². The summed E-state index contributed by atoms with van der Waals surface area (Å²) in [6, 6.07) is 0. The molecule has 0 aliphatic carbocycles. The van der Waals surface area contributed by atoms with Crippen molar-refractivity contribution in [1.29, 1.82) is 0 Å². The first-order valence-electron chi connectivity index (χ1n) is 19.1. The molecule has 0 rings (SSSR count).